The third-order valence-electron chi connectivity index (χ3n) is 11.1. The Hall–Kier alpha value is -7.50. The van der Waals surface area contributed by atoms with Gasteiger partial charge in [-0.15, -0.1) is 0 Å². The maximum absolute atomic E-state index is 6.69. The smallest absolute Gasteiger partial charge is 0.161 e. The lowest BCUT2D eigenvalue weighted by molar-refractivity contribution is 0.668. The first-order valence-corrected chi connectivity index (χ1v) is 18.6. The highest BCUT2D eigenvalue weighted by Crippen LogP contribution is 2.42. The number of aromatic nitrogens is 4. The number of fused-ring (bicyclic) bond motifs is 10. The fraction of sp³-hybridized carbons (Fsp3) is 0. The van der Waals surface area contributed by atoms with Crippen LogP contribution in [-0.4, -0.2) is 19.1 Å². The quantitative estimate of drug-likeness (QED) is 0.183. The van der Waals surface area contributed by atoms with Gasteiger partial charge >= 0.3 is 0 Å². The van der Waals surface area contributed by atoms with E-state index in [2.05, 4.69) is 161 Å². The van der Waals surface area contributed by atoms with Crippen molar-refractivity contribution >= 4 is 76.5 Å². The highest BCUT2D eigenvalue weighted by Gasteiger charge is 2.21. The second-order valence-corrected chi connectivity index (χ2v) is 14.2. The van der Waals surface area contributed by atoms with E-state index in [0.29, 0.717) is 5.82 Å². The first kappa shape index (κ1) is 30.0. The molecular formula is C50H30N4O. The molecule has 12 aromatic rings. The fourth-order valence-corrected chi connectivity index (χ4v) is 8.72. The molecule has 0 radical (unpaired) electrons. The van der Waals surface area contributed by atoms with Gasteiger partial charge in [0.15, 0.2) is 5.82 Å². The molecular weight excluding hydrogens is 673 g/mol. The molecule has 0 unspecified atom stereocenters. The van der Waals surface area contributed by atoms with Crippen LogP contribution >= 0.6 is 0 Å². The standard InChI is InChI=1S/C50H30N4O/c1-3-14-31(15-4-1)49-36-20-7-10-22-41(36)51-50(52-49)38-21-13-25-46-48(38)37-27-26-33(28-47(37)55-46)54-43-24-12-9-19-35(43)40-29-39-34-18-8-11-23-42(34)53(44(39)30-45(40)54)32-16-5-2-6-17-32/h1-30H. The number of hydrogen-bond acceptors (Lipinski definition) is 3. The van der Waals surface area contributed by atoms with E-state index in [1.807, 2.05) is 30.3 Å². The molecule has 0 saturated heterocycles. The van der Waals surface area contributed by atoms with Crippen LogP contribution in [0.3, 0.4) is 0 Å². The average Bonchev–Trinajstić information content (AvgIpc) is 3.90. The molecule has 0 spiro atoms. The van der Waals surface area contributed by atoms with Crippen LogP contribution in [0.2, 0.25) is 0 Å². The van der Waals surface area contributed by atoms with Gasteiger partial charge in [-0.1, -0.05) is 115 Å². The highest BCUT2D eigenvalue weighted by molar-refractivity contribution is 6.19. The van der Waals surface area contributed by atoms with E-state index in [1.54, 1.807) is 0 Å². The lowest BCUT2D eigenvalue weighted by Crippen LogP contribution is -1.96. The van der Waals surface area contributed by atoms with E-state index in [-0.39, 0.29) is 0 Å². The van der Waals surface area contributed by atoms with Gasteiger partial charge in [0, 0.05) is 66.3 Å². The second-order valence-electron chi connectivity index (χ2n) is 14.2. The van der Waals surface area contributed by atoms with Crippen molar-refractivity contribution in [1.82, 2.24) is 19.1 Å². The van der Waals surface area contributed by atoms with Gasteiger partial charge in [0.1, 0.15) is 11.2 Å². The predicted molar refractivity (Wildman–Crippen MR) is 226 cm³/mol. The molecule has 0 bridgehead atoms. The Bertz CT molecular complexity index is 3480. The lowest BCUT2D eigenvalue weighted by Gasteiger charge is -2.11. The van der Waals surface area contributed by atoms with Gasteiger partial charge in [-0.3, -0.25) is 0 Å². The number of rotatable bonds is 4. The summed E-state index contributed by atoms with van der Waals surface area (Å²) in [4.78, 5) is 10.3. The molecule has 0 amide bonds. The van der Waals surface area contributed by atoms with E-state index in [0.717, 1.165) is 72.1 Å². The van der Waals surface area contributed by atoms with E-state index in [9.17, 15) is 0 Å². The molecule has 0 aliphatic rings. The summed E-state index contributed by atoms with van der Waals surface area (Å²) in [5, 5.41) is 7.97. The zero-order valence-electron chi connectivity index (χ0n) is 29.5. The molecule has 0 N–H and O–H groups in total. The minimum Gasteiger partial charge on any atom is -0.456 e. The Labute approximate surface area is 315 Å². The Kier molecular flexibility index (Phi) is 6.27. The van der Waals surface area contributed by atoms with Crippen molar-refractivity contribution < 1.29 is 4.42 Å². The van der Waals surface area contributed by atoms with E-state index >= 15 is 0 Å². The first-order chi connectivity index (χ1) is 27.3. The van der Waals surface area contributed by atoms with Crippen molar-refractivity contribution in [2.75, 3.05) is 0 Å². The van der Waals surface area contributed by atoms with Crippen molar-refractivity contribution in [2.24, 2.45) is 0 Å². The Morgan fingerprint density at radius 1 is 0.382 bits per heavy atom. The van der Waals surface area contributed by atoms with Crippen LogP contribution in [0.4, 0.5) is 0 Å². The summed E-state index contributed by atoms with van der Waals surface area (Å²) >= 11 is 0. The summed E-state index contributed by atoms with van der Waals surface area (Å²) in [6.45, 7) is 0. The Morgan fingerprint density at radius 3 is 1.76 bits per heavy atom. The molecule has 55 heavy (non-hydrogen) atoms. The van der Waals surface area contributed by atoms with Crippen molar-refractivity contribution in [2.45, 2.75) is 0 Å². The third kappa shape index (κ3) is 4.41. The normalized spacial score (nSPS) is 12.0. The minimum atomic E-state index is 0.676. The predicted octanol–water partition coefficient (Wildman–Crippen LogP) is 13.1. The molecule has 4 heterocycles. The zero-order chi connectivity index (χ0) is 36.0. The van der Waals surface area contributed by atoms with Crippen LogP contribution in [0.1, 0.15) is 0 Å². The summed E-state index contributed by atoms with van der Waals surface area (Å²) in [5.41, 5.74) is 12.3. The summed E-state index contributed by atoms with van der Waals surface area (Å²) in [7, 11) is 0. The molecule has 0 aliphatic carbocycles. The summed E-state index contributed by atoms with van der Waals surface area (Å²) < 4.78 is 11.5. The monoisotopic (exact) mass is 702 g/mol. The molecule has 12 rings (SSSR count). The van der Waals surface area contributed by atoms with E-state index in [4.69, 9.17) is 14.4 Å². The van der Waals surface area contributed by atoms with Crippen molar-refractivity contribution in [3.63, 3.8) is 0 Å². The molecule has 4 aromatic heterocycles. The van der Waals surface area contributed by atoms with Gasteiger partial charge in [-0.05, 0) is 60.7 Å². The molecule has 5 nitrogen and oxygen atoms in total. The zero-order valence-corrected chi connectivity index (χ0v) is 29.5. The lowest BCUT2D eigenvalue weighted by atomic mass is 10.0. The van der Waals surface area contributed by atoms with Crippen molar-refractivity contribution in [3.8, 4) is 34.0 Å². The molecule has 0 saturated carbocycles. The number of nitrogens with zero attached hydrogens (tertiary/aromatic N) is 4. The SMILES string of the molecule is c1ccc(-c2nc(-c3cccc4oc5cc(-n6c7ccccc7c7cc8c9ccccc9n(-c9ccccc9)c8cc76)ccc5c34)nc3ccccc23)cc1. The van der Waals surface area contributed by atoms with Crippen LogP contribution in [0.15, 0.2) is 186 Å². The van der Waals surface area contributed by atoms with Crippen LogP contribution in [0, 0.1) is 0 Å². The third-order valence-corrected chi connectivity index (χ3v) is 11.1. The van der Waals surface area contributed by atoms with Gasteiger partial charge < -0.3 is 13.6 Å². The van der Waals surface area contributed by atoms with Crippen LogP contribution < -0.4 is 0 Å². The maximum atomic E-state index is 6.69. The van der Waals surface area contributed by atoms with Crippen LogP contribution in [0.5, 0.6) is 0 Å². The Morgan fingerprint density at radius 2 is 1.02 bits per heavy atom. The van der Waals surface area contributed by atoms with Crippen molar-refractivity contribution in [1.29, 1.82) is 0 Å². The summed E-state index contributed by atoms with van der Waals surface area (Å²) in [6.07, 6.45) is 0. The largest absolute Gasteiger partial charge is 0.456 e. The number of furan rings is 1. The number of para-hydroxylation sites is 4. The van der Waals surface area contributed by atoms with Gasteiger partial charge in [0.05, 0.1) is 33.3 Å². The maximum Gasteiger partial charge on any atom is 0.161 e. The molecule has 0 aliphatic heterocycles. The summed E-state index contributed by atoms with van der Waals surface area (Å²) in [5.74, 6) is 0.676. The second kappa shape index (κ2) is 11.5. The van der Waals surface area contributed by atoms with Crippen molar-refractivity contribution in [3.05, 3.63) is 182 Å². The van der Waals surface area contributed by atoms with E-state index < -0.39 is 0 Å². The molecule has 0 atom stereocenters. The molecule has 0 fully saturated rings. The molecule has 256 valence electrons. The number of hydrogen-bond donors (Lipinski definition) is 0. The molecule has 5 heteroatoms. The van der Waals surface area contributed by atoms with Gasteiger partial charge in [-0.25, -0.2) is 9.97 Å². The van der Waals surface area contributed by atoms with Crippen LogP contribution in [0.25, 0.3) is 110 Å². The van der Waals surface area contributed by atoms with Crippen LogP contribution in [-0.2, 0) is 0 Å². The van der Waals surface area contributed by atoms with Gasteiger partial charge in [-0.2, -0.15) is 0 Å². The average molecular weight is 703 g/mol. The topological polar surface area (TPSA) is 48.8 Å². The first-order valence-electron chi connectivity index (χ1n) is 18.6. The molecule has 8 aromatic carbocycles. The summed E-state index contributed by atoms with van der Waals surface area (Å²) in [6, 6.07) is 64.1. The van der Waals surface area contributed by atoms with Gasteiger partial charge in [0.2, 0.25) is 0 Å². The number of benzene rings is 8. The minimum absolute atomic E-state index is 0.676. The Balaban J connectivity index is 1.09. The highest BCUT2D eigenvalue weighted by atomic mass is 16.3. The fourth-order valence-electron chi connectivity index (χ4n) is 8.72. The van der Waals surface area contributed by atoms with Gasteiger partial charge in [0.25, 0.3) is 0 Å². The van der Waals surface area contributed by atoms with E-state index in [1.165, 1.54) is 32.6 Å².